The average Bonchev–Trinajstić information content (AvgIpc) is 3.17. The molecule has 2 N–H and O–H groups in total. The van der Waals surface area contributed by atoms with Crippen LogP contribution in [-0.4, -0.2) is 26.6 Å². The monoisotopic (exact) mass is 335 g/mol. The van der Waals surface area contributed by atoms with Crippen molar-refractivity contribution >= 4 is 5.91 Å². The zero-order chi connectivity index (χ0) is 17.6. The number of nitrogens with zero attached hydrogens (tertiary/aromatic N) is 2. The van der Waals surface area contributed by atoms with Crippen LogP contribution in [0.3, 0.4) is 0 Å². The SMILES string of the molecule is CC(CC(O)c1ccccc1)NC(=O)c1cccc(-n2ccnc2)c1. The van der Waals surface area contributed by atoms with E-state index in [0.29, 0.717) is 12.0 Å². The van der Waals surface area contributed by atoms with Gasteiger partial charge in [-0.3, -0.25) is 4.79 Å². The number of rotatable bonds is 6. The van der Waals surface area contributed by atoms with Crippen molar-refractivity contribution in [1.29, 1.82) is 0 Å². The molecule has 0 saturated carbocycles. The summed E-state index contributed by atoms with van der Waals surface area (Å²) in [5.41, 5.74) is 2.31. The quantitative estimate of drug-likeness (QED) is 0.727. The van der Waals surface area contributed by atoms with Crippen LogP contribution in [0.2, 0.25) is 0 Å². The molecule has 3 aromatic rings. The minimum absolute atomic E-state index is 0.153. The van der Waals surface area contributed by atoms with Gasteiger partial charge in [0, 0.05) is 29.7 Å². The number of nitrogens with one attached hydrogen (secondary N) is 1. The van der Waals surface area contributed by atoms with E-state index in [2.05, 4.69) is 10.3 Å². The van der Waals surface area contributed by atoms with E-state index in [-0.39, 0.29) is 11.9 Å². The Morgan fingerprint density at radius 1 is 1.20 bits per heavy atom. The third-order valence-corrected chi connectivity index (χ3v) is 4.05. The zero-order valence-electron chi connectivity index (χ0n) is 14.0. The largest absolute Gasteiger partial charge is 0.388 e. The van der Waals surface area contributed by atoms with Crippen molar-refractivity contribution in [2.75, 3.05) is 0 Å². The van der Waals surface area contributed by atoms with Gasteiger partial charge in [0.25, 0.3) is 5.91 Å². The number of aliphatic hydroxyl groups is 1. The molecule has 25 heavy (non-hydrogen) atoms. The summed E-state index contributed by atoms with van der Waals surface area (Å²) < 4.78 is 1.85. The fraction of sp³-hybridized carbons (Fsp3) is 0.200. The highest BCUT2D eigenvalue weighted by Gasteiger charge is 2.15. The molecule has 0 aliphatic carbocycles. The Labute approximate surface area is 147 Å². The first-order valence-corrected chi connectivity index (χ1v) is 8.26. The lowest BCUT2D eigenvalue weighted by molar-refractivity contribution is 0.0917. The van der Waals surface area contributed by atoms with Crippen molar-refractivity contribution in [3.8, 4) is 5.69 Å². The van der Waals surface area contributed by atoms with Crippen LogP contribution in [0.4, 0.5) is 0 Å². The summed E-state index contributed by atoms with van der Waals surface area (Å²) in [6.45, 7) is 1.89. The number of imidazole rings is 1. The fourth-order valence-corrected chi connectivity index (χ4v) is 2.73. The highest BCUT2D eigenvalue weighted by atomic mass is 16.3. The molecule has 0 spiro atoms. The van der Waals surface area contributed by atoms with Crippen molar-refractivity contribution in [2.24, 2.45) is 0 Å². The van der Waals surface area contributed by atoms with Gasteiger partial charge in [-0.2, -0.15) is 0 Å². The molecule has 0 fully saturated rings. The van der Waals surface area contributed by atoms with Gasteiger partial charge in [-0.05, 0) is 37.1 Å². The Kier molecular flexibility index (Phi) is 5.26. The summed E-state index contributed by atoms with van der Waals surface area (Å²) in [6.07, 6.45) is 5.07. The number of aromatic nitrogens is 2. The van der Waals surface area contributed by atoms with Gasteiger partial charge in [-0.15, -0.1) is 0 Å². The first-order chi connectivity index (χ1) is 12.1. The van der Waals surface area contributed by atoms with E-state index in [1.165, 1.54) is 0 Å². The number of carbonyl (C=O) groups excluding carboxylic acids is 1. The normalized spacial score (nSPS) is 13.2. The highest BCUT2D eigenvalue weighted by molar-refractivity contribution is 5.94. The number of amides is 1. The number of aliphatic hydroxyl groups excluding tert-OH is 1. The molecule has 1 amide bonds. The maximum absolute atomic E-state index is 12.5. The average molecular weight is 335 g/mol. The van der Waals surface area contributed by atoms with Gasteiger partial charge in [0.15, 0.2) is 0 Å². The van der Waals surface area contributed by atoms with E-state index >= 15 is 0 Å². The Bertz CT molecular complexity index is 816. The minimum atomic E-state index is -0.603. The second-order valence-corrected chi connectivity index (χ2v) is 6.06. The van der Waals surface area contributed by atoms with Crippen LogP contribution in [-0.2, 0) is 0 Å². The topological polar surface area (TPSA) is 67.2 Å². The molecule has 1 heterocycles. The molecule has 2 unspecified atom stereocenters. The third-order valence-electron chi connectivity index (χ3n) is 4.05. The van der Waals surface area contributed by atoms with Gasteiger partial charge in [0.05, 0.1) is 12.4 Å². The fourth-order valence-electron chi connectivity index (χ4n) is 2.73. The summed E-state index contributed by atoms with van der Waals surface area (Å²) in [5, 5.41) is 13.2. The Morgan fingerprint density at radius 2 is 2.00 bits per heavy atom. The Morgan fingerprint density at radius 3 is 2.72 bits per heavy atom. The standard InChI is InChI=1S/C20H21N3O2/c1-15(12-19(24)16-6-3-2-4-7-16)22-20(25)17-8-5-9-18(13-17)23-11-10-21-14-23/h2-11,13-15,19,24H,12H2,1H3,(H,22,25). The summed E-state index contributed by atoms with van der Waals surface area (Å²) >= 11 is 0. The molecule has 5 heteroatoms. The van der Waals surface area contributed by atoms with Crippen LogP contribution in [0.15, 0.2) is 73.3 Å². The molecule has 0 bridgehead atoms. The Balaban J connectivity index is 1.63. The van der Waals surface area contributed by atoms with Crippen LogP contribution >= 0.6 is 0 Å². The molecule has 0 aliphatic heterocycles. The number of hydrogen-bond donors (Lipinski definition) is 2. The molecule has 0 radical (unpaired) electrons. The van der Waals surface area contributed by atoms with Crippen LogP contribution < -0.4 is 5.32 Å². The van der Waals surface area contributed by atoms with Crippen LogP contribution in [0, 0.1) is 0 Å². The molecule has 128 valence electrons. The van der Waals surface area contributed by atoms with Crippen molar-refractivity contribution in [3.63, 3.8) is 0 Å². The number of hydrogen-bond acceptors (Lipinski definition) is 3. The van der Waals surface area contributed by atoms with E-state index < -0.39 is 6.10 Å². The summed E-state index contributed by atoms with van der Waals surface area (Å²) in [6, 6.07) is 16.7. The van der Waals surface area contributed by atoms with Gasteiger partial charge in [0.1, 0.15) is 0 Å². The van der Waals surface area contributed by atoms with Gasteiger partial charge < -0.3 is 15.0 Å². The summed E-state index contributed by atoms with van der Waals surface area (Å²) in [4.78, 5) is 16.5. The third kappa shape index (κ3) is 4.33. The van der Waals surface area contributed by atoms with Crippen LogP contribution in [0.1, 0.15) is 35.4 Å². The van der Waals surface area contributed by atoms with Gasteiger partial charge in [0.2, 0.25) is 0 Å². The first-order valence-electron chi connectivity index (χ1n) is 8.26. The van der Waals surface area contributed by atoms with Crippen molar-refractivity contribution in [1.82, 2.24) is 14.9 Å². The van der Waals surface area contributed by atoms with E-state index in [4.69, 9.17) is 0 Å². The van der Waals surface area contributed by atoms with Crippen molar-refractivity contribution in [3.05, 3.63) is 84.4 Å². The van der Waals surface area contributed by atoms with E-state index in [9.17, 15) is 9.90 Å². The molecule has 1 aromatic heterocycles. The number of carbonyl (C=O) groups is 1. The summed E-state index contributed by atoms with van der Waals surface area (Å²) in [7, 11) is 0. The smallest absolute Gasteiger partial charge is 0.251 e. The molecule has 0 aliphatic rings. The molecule has 2 aromatic carbocycles. The molecular formula is C20H21N3O2. The second kappa shape index (κ2) is 7.77. The van der Waals surface area contributed by atoms with Crippen molar-refractivity contribution in [2.45, 2.75) is 25.5 Å². The summed E-state index contributed by atoms with van der Waals surface area (Å²) in [5.74, 6) is -0.158. The molecule has 0 saturated heterocycles. The van der Waals surface area contributed by atoms with E-state index in [0.717, 1.165) is 11.3 Å². The predicted molar refractivity (Wildman–Crippen MR) is 96.5 cm³/mol. The predicted octanol–water partition coefficient (Wildman–Crippen LogP) is 3.11. The minimum Gasteiger partial charge on any atom is -0.388 e. The molecule has 3 rings (SSSR count). The van der Waals surface area contributed by atoms with E-state index in [1.807, 2.05) is 66.2 Å². The number of benzene rings is 2. The zero-order valence-corrected chi connectivity index (χ0v) is 14.0. The van der Waals surface area contributed by atoms with E-state index in [1.54, 1.807) is 18.6 Å². The lowest BCUT2D eigenvalue weighted by atomic mass is 10.0. The highest BCUT2D eigenvalue weighted by Crippen LogP contribution is 2.18. The van der Waals surface area contributed by atoms with Gasteiger partial charge >= 0.3 is 0 Å². The second-order valence-electron chi connectivity index (χ2n) is 6.06. The maximum Gasteiger partial charge on any atom is 0.251 e. The maximum atomic E-state index is 12.5. The van der Waals surface area contributed by atoms with Crippen molar-refractivity contribution < 1.29 is 9.90 Å². The lowest BCUT2D eigenvalue weighted by Crippen LogP contribution is -2.33. The molecule has 5 nitrogen and oxygen atoms in total. The van der Waals surface area contributed by atoms with Gasteiger partial charge in [-0.1, -0.05) is 36.4 Å². The first kappa shape index (κ1) is 16.9. The molecule has 2 atom stereocenters. The van der Waals surface area contributed by atoms with Gasteiger partial charge in [-0.25, -0.2) is 4.98 Å². The van der Waals surface area contributed by atoms with Crippen LogP contribution in [0.25, 0.3) is 5.69 Å². The molecular weight excluding hydrogens is 314 g/mol. The Hall–Kier alpha value is -2.92. The van der Waals surface area contributed by atoms with Crippen LogP contribution in [0.5, 0.6) is 0 Å². The lowest BCUT2D eigenvalue weighted by Gasteiger charge is -2.18.